The van der Waals surface area contributed by atoms with Crippen molar-refractivity contribution in [3.8, 4) is 5.88 Å². The van der Waals surface area contributed by atoms with Crippen LogP contribution < -0.4 is 9.64 Å². The van der Waals surface area contributed by atoms with Crippen LogP contribution in [-0.4, -0.2) is 53.5 Å². The maximum atomic E-state index is 6.15. The van der Waals surface area contributed by atoms with E-state index in [4.69, 9.17) is 14.2 Å². The number of aromatic nitrogens is 3. The molecule has 7 nitrogen and oxygen atoms in total. The Labute approximate surface area is 153 Å². The standard InChI is InChI=1S/C19H24N4O3/c1-14-5-15(9-20-8-14)10-25-16-3-4-26-19(7-16)11-23(12-19)17-6-18(24-2)22-13-21-17/h5-6,8-9,13,16H,3-4,7,10-12H2,1-2H3/t16-/m0/s1. The first-order valence-corrected chi connectivity index (χ1v) is 8.93. The average molecular weight is 356 g/mol. The molecule has 2 aromatic heterocycles. The maximum absolute atomic E-state index is 6.15. The van der Waals surface area contributed by atoms with E-state index in [0.717, 1.165) is 49.5 Å². The number of pyridine rings is 1. The second-order valence-corrected chi connectivity index (χ2v) is 7.10. The first-order chi connectivity index (χ1) is 12.7. The summed E-state index contributed by atoms with van der Waals surface area (Å²) in [5.41, 5.74) is 2.14. The molecule has 0 saturated carbocycles. The van der Waals surface area contributed by atoms with Crippen molar-refractivity contribution >= 4 is 5.82 Å². The molecule has 2 saturated heterocycles. The zero-order chi connectivity index (χ0) is 18.0. The van der Waals surface area contributed by atoms with Crippen molar-refractivity contribution in [3.05, 3.63) is 42.0 Å². The Balaban J connectivity index is 1.33. The molecule has 2 aliphatic heterocycles. The van der Waals surface area contributed by atoms with Crippen LogP contribution in [0.4, 0.5) is 5.82 Å². The number of aryl methyl sites for hydroxylation is 1. The lowest BCUT2D eigenvalue weighted by molar-refractivity contribution is -0.148. The molecule has 0 unspecified atom stereocenters. The molecule has 7 heteroatoms. The van der Waals surface area contributed by atoms with Gasteiger partial charge in [0.25, 0.3) is 0 Å². The van der Waals surface area contributed by atoms with Gasteiger partial charge >= 0.3 is 0 Å². The minimum atomic E-state index is -0.133. The zero-order valence-electron chi connectivity index (χ0n) is 15.2. The summed E-state index contributed by atoms with van der Waals surface area (Å²) < 4.78 is 17.4. The lowest BCUT2D eigenvalue weighted by atomic mass is 9.84. The summed E-state index contributed by atoms with van der Waals surface area (Å²) in [4.78, 5) is 14.8. The maximum Gasteiger partial charge on any atom is 0.218 e. The molecule has 0 amide bonds. The third-order valence-electron chi connectivity index (χ3n) is 4.98. The molecule has 0 aromatic carbocycles. The van der Waals surface area contributed by atoms with Crippen LogP contribution in [-0.2, 0) is 16.1 Å². The van der Waals surface area contributed by atoms with E-state index in [1.54, 1.807) is 7.11 Å². The number of rotatable bonds is 5. The molecule has 2 fully saturated rings. The van der Waals surface area contributed by atoms with Gasteiger partial charge < -0.3 is 19.1 Å². The van der Waals surface area contributed by atoms with Gasteiger partial charge in [-0.2, -0.15) is 0 Å². The molecule has 0 N–H and O–H groups in total. The van der Waals surface area contributed by atoms with Gasteiger partial charge in [0, 0.05) is 31.5 Å². The number of hydrogen-bond acceptors (Lipinski definition) is 7. The van der Waals surface area contributed by atoms with Crippen molar-refractivity contribution < 1.29 is 14.2 Å². The Morgan fingerprint density at radius 2 is 2.15 bits per heavy atom. The first kappa shape index (κ1) is 17.2. The van der Waals surface area contributed by atoms with Crippen molar-refractivity contribution in [1.29, 1.82) is 0 Å². The second kappa shape index (κ2) is 7.17. The normalized spacial score (nSPS) is 21.5. The van der Waals surface area contributed by atoms with Crippen molar-refractivity contribution in [2.75, 3.05) is 31.7 Å². The van der Waals surface area contributed by atoms with Gasteiger partial charge in [0.2, 0.25) is 5.88 Å². The second-order valence-electron chi connectivity index (χ2n) is 7.10. The molecule has 4 heterocycles. The van der Waals surface area contributed by atoms with Crippen LogP contribution in [0.3, 0.4) is 0 Å². The summed E-state index contributed by atoms with van der Waals surface area (Å²) in [6.45, 7) is 5.02. The van der Waals surface area contributed by atoms with Crippen molar-refractivity contribution in [3.63, 3.8) is 0 Å². The molecule has 2 aliphatic rings. The minimum absolute atomic E-state index is 0.133. The van der Waals surface area contributed by atoms with E-state index in [1.807, 2.05) is 25.4 Å². The van der Waals surface area contributed by atoms with Crippen molar-refractivity contribution in [2.45, 2.75) is 38.1 Å². The van der Waals surface area contributed by atoms with Crippen LogP contribution in [0.15, 0.2) is 30.9 Å². The van der Waals surface area contributed by atoms with Crippen LogP contribution in [0.2, 0.25) is 0 Å². The van der Waals surface area contributed by atoms with Crippen LogP contribution in [0.5, 0.6) is 5.88 Å². The van der Waals surface area contributed by atoms with Crippen LogP contribution in [0, 0.1) is 6.92 Å². The van der Waals surface area contributed by atoms with E-state index < -0.39 is 0 Å². The zero-order valence-corrected chi connectivity index (χ0v) is 15.2. The van der Waals surface area contributed by atoms with E-state index in [1.165, 1.54) is 6.33 Å². The Morgan fingerprint density at radius 1 is 1.27 bits per heavy atom. The SMILES string of the molecule is COc1cc(N2CC3(C[C@@H](OCc4cncc(C)c4)CCO3)C2)ncn1. The predicted octanol–water partition coefficient (Wildman–Crippen LogP) is 2.14. The largest absolute Gasteiger partial charge is 0.481 e. The van der Waals surface area contributed by atoms with Gasteiger partial charge in [-0.1, -0.05) is 6.07 Å². The highest BCUT2D eigenvalue weighted by atomic mass is 16.5. The minimum Gasteiger partial charge on any atom is -0.481 e. The van der Waals surface area contributed by atoms with Crippen LogP contribution >= 0.6 is 0 Å². The Bertz CT molecular complexity index is 764. The molecule has 0 bridgehead atoms. The number of anilines is 1. The third kappa shape index (κ3) is 3.64. The topological polar surface area (TPSA) is 69.6 Å². The number of hydrogen-bond donors (Lipinski definition) is 0. The Morgan fingerprint density at radius 3 is 2.96 bits per heavy atom. The fraction of sp³-hybridized carbons (Fsp3) is 0.526. The predicted molar refractivity (Wildman–Crippen MR) is 96.3 cm³/mol. The molecular formula is C19H24N4O3. The molecule has 138 valence electrons. The molecule has 0 radical (unpaired) electrons. The highest BCUT2D eigenvalue weighted by Gasteiger charge is 2.48. The van der Waals surface area contributed by atoms with E-state index in [9.17, 15) is 0 Å². The van der Waals surface area contributed by atoms with Gasteiger partial charge in [0.05, 0.1) is 32.9 Å². The summed E-state index contributed by atoms with van der Waals surface area (Å²) in [7, 11) is 1.61. The summed E-state index contributed by atoms with van der Waals surface area (Å²) in [6.07, 6.45) is 7.32. The van der Waals surface area contributed by atoms with E-state index in [2.05, 4.69) is 25.9 Å². The first-order valence-electron chi connectivity index (χ1n) is 8.93. The van der Waals surface area contributed by atoms with Crippen LogP contribution in [0.1, 0.15) is 24.0 Å². The number of methoxy groups -OCH3 is 1. The Hall–Kier alpha value is -2.25. The molecule has 0 aliphatic carbocycles. The monoisotopic (exact) mass is 356 g/mol. The number of ether oxygens (including phenoxy) is 3. The lowest BCUT2D eigenvalue weighted by Crippen LogP contribution is -2.66. The molecule has 4 rings (SSSR count). The molecule has 1 atom stereocenters. The average Bonchev–Trinajstić information content (AvgIpc) is 2.65. The third-order valence-corrected chi connectivity index (χ3v) is 4.98. The van der Waals surface area contributed by atoms with Gasteiger partial charge in [0.1, 0.15) is 17.7 Å². The molecule has 26 heavy (non-hydrogen) atoms. The summed E-state index contributed by atoms with van der Waals surface area (Å²) >= 11 is 0. The highest BCUT2D eigenvalue weighted by Crippen LogP contribution is 2.37. The molecule has 1 spiro atoms. The van der Waals surface area contributed by atoms with Crippen molar-refractivity contribution in [2.24, 2.45) is 0 Å². The highest BCUT2D eigenvalue weighted by molar-refractivity contribution is 5.45. The molecular weight excluding hydrogens is 332 g/mol. The van der Waals surface area contributed by atoms with Gasteiger partial charge in [-0.3, -0.25) is 4.98 Å². The number of nitrogens with zero attached hydrogens (tertiary/aromatic N) is 4. The quantitative estimate of drug-likeness (QED) is 0.813. The fourth-order valence-electron chi connectivity index (χ4n) is 3.68. The van der Waals surface area contributed by atoms with Gasteiger partial charge in [-0.25, -0.2) is 9.97 Å². The summed E-state index contributed by atoms with van der Waals surface area (Å²) in [5, 5.41) is 0. The van der Waals surface area contributed by atoms with E-state index in [-0.39, 0.29) is 11.7 Å². The van der Waals surface area contributed by atoms with Gasteiger partial charge in [-0.05, 0) is 24.5 Å². The summed E-state index contributed by atoms with van der Waals surface area (Å²) in [5.74, 6) is 1.45. The van der Waals surface area contributed by atoms with Gasteiger partial charge in [-0.15, -0.1) is 0 Å². The lowest BCUT2D eigenvalue weighted by Gasteiger charge is -2.53. The van der Waals surface area contributed by atoms with E-state index >= 15 is 0 Å². The smallest absolute Gasteiger partial charge is 0.218 e. The van der Waals surface area contributed by atoms with Crippen LogP contribution in [0.25, 0.3) is 0 Å². The molecule has 2 aromatic rings. The fourth-order valence-corrected chi connectivity index (χ4v) is 3.68. The Kier molecular flexibility index (Phi) is 4.74. The van der Waals surface area contributed by atoms with E-state index in [0.29, 0.717) is 12.5 Å². The summed E-state index contributed by atoms with van der Waals surface area (Å²) in [6, 6.07) is 3.98. The van der Waals surface area contributed by atoms with Crippen molar-refractivity contribution in [1.82, 2.24) is 15.0 Å². The van der Waals surface area contributed by atoms with Gasteiger partial charge in [0.15, 0.2) is 0 Å².